The largest absolute Gasteiger partial charge is 0.478 e. The van der Waals surface area contributed by atoms with Crippen molar-refractivity contribution in [3.05, 3.63) is 27.7 Å². The van der Waals surface area contributed by atoms with Gasteiger partial charge in [0.05, 0.1) is 16.6 Å². The molecule has 0 fully saturated rings. The number of pyridine rings is 1. The Morgan fingerprint density at radius 1 is 1.62 bits per heavy atom. The van der Waals surface area contributed by atoms with Crippen LogP contribution in [0.2, 0.25) is 0 Å². The first-order valence-corrected chi connectivity index (χ1v) is 4.88. The lowest BCUT2D eigenvalue weighted by molar-refractivity contribution is 0.0698. The lowest BCUT2D eigenvalue weighted by Gasteiger charge is -1.99. The maximum absolute atomic E-state index is 11.3. The average Bonchev–Trinajstić information content (AvgIpc) is 2.54. The molecule has 6 nitrogen and oxygen atoms in total. The van der Waals surface area contributed by atoms with Gasteiger partial charge in [0.15, 0.2) is 0 Å². The van der Waals surface area contributed by atoms with Crippen molar-refractivity contribution in [3.63, 3.8) is 0 Å². The molecule has 0 aliphatic heterocycles. The van der Waals surface area contributed by atoms with Gasteiger partial charge >= 0.3 is 5.97 Å². The van der Waals surface area contributed by atoms with Gasteiger partial charge in [0.2, 0.25) is 5.56 Å². The van der Waals surface area contributed by atoms with Crippen LogP contribution in [0, 0.1) is 6.92 Å². The van der Waals surface area contributed by atoms with E-state index in [0.29, 0.717) is 23.3 Å². The van der Waals surface area contributed by atoms with E-state index >= 15 is 0 Å². The number of carbonyl (C=O) groups is 1. The molecule has 84 valence electrons. The molecule has 0 aliphatic rings. The van der Waals surface area contributed by atoms with Crippen LogP contribution in [-0.2, 0) is 6.54 Å². The van der Waals surface area contributed by atoms with Crippen molar-refractivity contribution in [2.45, 2.75) is 20.4 Å². The first-order chi connectivity index (χ1) is 7.54. The first kappa shape index (κ1) is 10.4. The summed E-state index contributed by atoms with van der Waals surface area (Å²) < 4.78 is 1.58. The molecule has 6 heteroatoms. The van der Waals surface area contributed by atoms with E-state index in [-0.39, 0.29) is 5.56 Å². The second-order valence-corrected chi connectivity index (χ2v) is 3.48. The lowest BCUT2D eigenvalue weighted by Crippen LogP contribution is -2.11. The van der Waals surface area contributed by atoms with E-state index < -0.39 is 11.5 Å². The van der Waals surface area contributed by atoms with Crippen LogP contribution < -0.4 is 5.56 Å². The van der Waals surface area contributed by atoms with Crippen molar-refractivity contribution in [1.29, 1.82) is 0 Å². The number of carboxylic acids is 1. The Morgan fingerprint density at radius 2 is 2.31 bits per heavy atom. The van der Waals surface area contributed by atoms with Crippen LogP contribution in [0.15, 0.2) is 10.9 Å². The summed E-state index contributed by atoms with van der Waals surface area (Å²) in [5.41, 5.74) is 0.630. The number of H-pyrrole nitrogens is 1. The van der Waals surface area contributed by atoms with Crippen LogP contribution in [0.1, 0.15) is 23.0 Å². The van der Waals surface area contributed by atoms with Gasteiger partial charge in [-0.25, -0.2) is 9.48 Å². The number of aromatic amines is 1. The highest BCUT2D eigenvalue weighted by Crippen LogP contribution is 2.18. The third kappa shape index (κ3) is 1.39. The zero-order valence-electron chi connectivity index (χ0n) is 8.94. The van der Waals surface area contributed by atoms with E-state index in [4.69, 9.17) is 5.11 Å². The molecule has 0 saturated carbocycles. The SMILES string of the molecule is CCn1nc(C)c2c(C(=O)O)cc(=O)[nH]c21. The smallest absolute Gasteiger partial charge is 0.336 e. The summed E-state index contributed by atoms with van der Waals surface area (Å²) >= 11 is 0. The number of aromatic carboxylic acids is 1. The molecule has 0 aromatic carbocycles. The van der Waals surface area contributed by atoms with E-state index in [2.05, 4.69) is 10.1 Å². The van der Waals surface area contributed by atoms with Crippen molar-refractivity contribution in [2.24, 2.45) is 0 Å². The fourth-order valence-corrected chi connectivity index (χ4v) is 1.78. The van der Waals surface area contributed by atoms with Gasteiger partial charge in [0.1, 0.15) is 5.65 Å². The molecule has 0 amide bonds. The molecule has 0 unspecified atom stereocenters. The van der Waals surface area contributed by atoms with Crippen molar-refractivity contribution >= 4 is 17.0 Å². The number of hydrogen-bond acceptors (Lipinski definition) is 3. The Hall–Kier alpha value is -2.11. The monoisotopic (exact) mass is 221 g/mol. The summed E-state index contributed by atoms with van der Waals surface area (Å²) in [7, 11) is 0. The molecular weight excluding hydrogens is 210 g/mol. The molecule has 0 atom stereocenters. The highest BCUT2D eigenvalue weighted by molar-refractivity contribution is 6.02. The fraction of sp³-hybridized carbons (Fsp3) is 0.300. The Labute approximate surface area is 90.5 Å². The Morgan fingerprint density at radius 3 is 2.88 bits per heavy atom. The number of aromatic nitrogens is 3. The minimum Gasteiger partial charge on any atom is -0.478 e. The van der Waals surface area contributed by atoms with Crippen LogP contribution in [0.4, 0.5) is 0 Å². The third-order valence-corrected chi connectivity index (χ3v) is 2.44. The van der Waals surface area contributed by atoms with Crippen LogP contribution in [0.5, 0.6) is 0 Å². The van der Waals surface area contributed by atoms with E-state index in [0.717, 1.165) is 6.07 Å². The molecule has 2 aromatic heterocycles. The topological polar surface area (TPSA) is 88.0 Å². The minimum absolute atomic E-state index is 0.00375. The van der Waals surface area contributed by atoms with Gasteiger partial charge in [-0.05, 0) is 13.8 Å². The average molecular weight is 221 g/mol. The number of nitrogens with zero attached hydrogens (tertiary/aromatic N) is 2. The highest BCUT2D eigenvalue weighted by Gasteiger charge is 2.16. The quantitative estimate of drug-likeness (QED) is 0.783. The normalized spacial score (nSPS) is 10.9. The number of hydrogen-bond donors (Lipinski definition) is 2. The van der Waals surface area contributed by atoms with Crippen molar-refractivity contribution in [1.82, 2.24) is 14.8 Å². The van der Waals surface area contributed by atoms with E-state index in [1.807, 2.05) is 6.92 Å². The van der Waals surface area contributed by atoms with E-state index in [1.54, 1.807) is 11.6 Å². The molecule has 2 rings (SSSR count). The molecule has 0 spiro atoms. The molecule has 2 aromatic rings. The molecular formula is C10H11N3O3. The zero-order chi connectivity index (χ0) is 11.9. The number of nitrogens with one attached hydrogen (secondary N) is 1. The predicted molar refractivity (Wildman–Crippen MR) is 57.7 cm³/mol. The first-order valence-electron chi connectivity index (χ1n) is 4.88. The maximum Gasteiger partial charge on any atom is 0.336 e. The number of fused-ring (bicyclic) bond motifs is 1. The third-order valence-electron chi connectivity index (χ3n) is 2.44. The molecule has 2 heterocycles. The summed E-state index contributed by atoms with van der Waals surface area (Å²) in [4.78, 5) is 25.0. The van der Waals surface area contributed by atoms with Gasteiger partial charge < -0.3 is 10.1 Å². The fourth-order valence-electron chi connectivity index (χ4n) is 1.78. The summed E-state index contributed by atoms with van der Waals surface area (Å²) in [6, 6.07) is 1.08. The van der Waals surface area contributed by atoms with Gasteiger partial charge in [0.25, 0.3) is 0 Å². The second-order valence-electron chi connectivity index (χ2n) is 3.48. The Kier molecular flexibility index (Phi) is 2.26. The van der Waals surface area contributed by atoms with Gasteiger partial charge in [-0.15, -0.1) is 0 Å². The van der Waals surface area contributed by atoms with Crippen LogP contribution in [0.3, 0.4) is 0 Å². The number of carboxylic acid groups (broad SMARTS) is 1. The summed E-state index contributed by atoms with van der Waals surface area (Å²) in [5, 5.41) is 13.7. The molecule has 16 heavy (non-hydrogen) atoms. The summed E-state index contributed by atoms with van der Waals surface area (Å²) in [6.45, 7) is 4.17. The Balaban J connectivity index is 2.97. The van der Waals surface area contributed by atoms with Gasteiger partial charge in [-0.3, -0.25) is 4.79 Å². The van der Waals surface area contributed by atoms with E-state index in [1.165, 1.54) is 0 Å². The zero-order valence-corrected chi connectivity index (χ0v) is 8.94. The maximum atomic E-state index is 11.3. The van der Waals surface area contributed by atoms with Crippen molar-refractivity contribution < 1.29 is 9.90 Å². The number of aryl methyl sites for hydroxylation is 2. The molecule has 2 N–H and O–H groups in total. The molecule has 0 saturated heterocycles. The lowest BCUT2D eigenvalue weighted by atomic mass is 10.1. The summed E-state index contributed by atoms with van der Waals surface area (Å²) in [5.74, 6) is -1.12. The Bertz CT molecular complexity index is 624. The molecule has 0 bridgehead atoms. The standard InChI is InChI=1S/C10H11N3O3/c1-3-13-9-8(5(2)12-13)6(10(15)16)4-7(14)11-9/h4H,3H2,1-2H3,(H,11,14)(H,15,16). The second kappa shape index (κ2) is 3.48. The summed E-state index contributed by atoms with van der Waals surface area (Å²) in [6.07, 6.45) is 0. The van der Waals surface area contributed by atoms with Crippen molar-refractivity contribution in [2.75, 3.05) is 0 Å². The minimum atomic E-state index is -1.12. The van der Waals surface area contributed by atoms with Gasteiger partial charge in [-0.1, -0.05) is 0 Å². The molecule has 0 aliphatic carbocycles. The highest BCUT2D eigenvalue weighted by atomic mass is 16.4. The van der Waals surface area contributed by atoms with E-state index in [9.17, 15) is 9.59 Å². The van der Waals surface area contributed by atoms with Crippen LogP contribution in [-0.4, -0.2) is 25.8 Å². The van der Waals surface area contributed by atoms with Crippen LogP contribution in [0.25, 0.3) is 11.0 Å². The van der Waals surface area contributed by atoms with Gasteiger partial charge in [-0.2, -0.15) is 5.10 Å². The van der Waals surface area contributed by atoms with Crippen molar-refractivity contribution in [3.8, 4) is 0 Å². The van der Waals surface area contributed by atoms with Crippen LogP contribution >= 0.6 is 0 Å². The van der Waals surface area contributed by atoms with Gasteiger partial charge in [0, 0.05) is 12.6 Å². The number of rotatable bonds is 2. The predicted octanol–water partition coefficient (Wildman–Crippen LogP) is 0.751. The molecule has 0 radical (unpaired) electrons.